The summed E-state index contributed by atoms with van der Waals surface area (Å²) in [5.41, 5.74) is 13.1. The van der Waals surface area contributed by atoms with Crippen LogP contribution in [0.3, 0.4) is 0 Å². The molecule has 0 atom stereocenters. The molecule has 9 rings (SSSR count). The van der Waals surface area contributed by atoms with Gasteiger partial charge in [-0.1, -0.05) is 34.2 Å². The third kappa shape index (κ3) is 19.5. The van der Waals surface area contributed by atoms with Gasteiger partial charge in [-0.25, -0.2) is 22.4 Å². The average molecular weight is 1160 g/mol. The van der Waals surface area contributed by atoms with Gasteiger partial charge in [0.25, 0.3) is 0 Å². The van der Waals surface area contributed by atoms with Crippen LogP contribution >= 0.6 is 34.2 Å². The van der Waals surface area contributed by atoms with E-state index in [1.165, 1.54) is 97.5 Å². The minimum absolute atomic E-state index is 0.111. The second kappa shape index (κ2) is 33.3. The zero-order valence-electron chi connectivity index (χ0n) is 39.3. The highest BCUT2D eigenvalue weighted by atomic mass is 127. The van der Waals surface area contributed by atoms with Gasteiger partial charge < -0.3 is 32.2 Å². The lowest BCUT2D eigenvalue weighted by Gasteiger charge is -2.08. The first-order valence-corrected chi connectivity index (χ1v) is 21.8. The Hall–Kier alpha value is -9.34. The number of anilines is 6. The summed E-state index contributed by atoms with van der Waals surface area (Å²) in [6, 6.07) is 13.6. The molecule has 0 aliphatic rings. The molecule has 74 heavy (non-hydrogen) atoms. The summed E-state index contributed by atoms with van der Waals surface area (Å²) in [7, 11) is 1.00. The summed E-state index contributed by atoms with van der Waals surface area (Å²) in [4.78, 5) is 63.8. The van der Waals surface area contributed by atoms with Gasteiger partial charge in [0.1, 0.15) is 23.1 Å². The summed E-state index contributed by atoms with van der Waals surface area (Å²) < 4.78 is 59.7. The van der Waals surface area contributed by atoms with Crippen LogP contribution in [0, 0.1) is 54.8 Å². The predicted molar refractivity (Wildman–Crippen MR) is 278 cm³/mol. The second-order valence-corrected chi connectivity index (χ2v) is 13.2. The van der Waals surface area contributed by atoms with Crippen molar-refractivity contribution >= 4 is 90.7 Å². The highest BCUT2D eigenvalue weighted by molar-refractivity contribution is 14.1. The van der Waals surface area contributed by atoms with Crippen LogP contribution in [0.5, 0.6) is 0 Å². The Morgan fingerprint density at radius 2 is 1.05 bits per heavy atom. The molecule has 9 aromatic rings. The predicted octanol–water partition coefficient (Wildman–Crippen LogP) is 9.09. The summed E-state index contributed by atoms with van der Waals surface area (Å²) >= 11 is 7.39. The minimum Gasteiger partial charge on any atom is -0.400 e. The summed E-state index contributed by atoms with van der Waals surface area (Å²) in [6.45, 7) is 1.43. The van der Waals surface area contributed by atoms with Crippen molar-refractivity contribution in [3.63, 3.8) is 0 Å². The van der Waals surface area contributed by atoms with E-state index in [1.807, 2.05) is 22.6 Å². The smallest absolute Gasteiger partial charge is 0.331 e. The first-order chi connectivity index (χ1) is 36.1. The number of fused-ring (bicyclic) bond motifs is 1. The van der Waals surface area contributed by atoms with Gasteiger partial charge in [0.05, 0.1) is 98.3 Å². The number of aliphatic hydroxyl groups is 1. The number of aliphatic hydroxyl groups excluding tert-OH is 1. The van der Waals surface area contributed by atoms with E-state index in [0.717, 1.165) is 44.3 Å². The van der Waals surface area contributed by atoms with Gasteiger partial charge in [-0.15, -0.1) is 0 Å². The van der Waals surface area contributed by atoms with Crippen LogP contribution in [-0.4, -0.2) is 76.4 Å². The number of aromatic nitrogens is 10. The molecule has 0 aliphatic carbocycles. The van der Waals surface area contributed by atoms with E-state index in [-0.39, 0.29) is 39.1 Å². The van der Waals surface area contributed by atoms with Crippen LogP contribution in [0.2, 0.25) is 5.02 Å². The first-order valence-electron chi connectivity index (χ1n) is 20.6. The van der Waals surface area contributed by atoms with Gasteiger partial charge in [0.2, 0.25) is 0 Å². The number of rotatable bonds is 7. The zero-order valence-corrected chi connectivity index (χ0v) is 41.3. The van der Waals surface area contributed by atoms with Crippen LogP contribution in [0.25, 0.3) is 16.7 Å². The van der Waals surface area contributed by atoms with Gasteiger partial charge in [-0.3, -0.25) is 64.7 Å². The number of aromatic amines is 1. The number of alkyl halides is 1. The van der Waals surface area contributed by atoms with Crippen LogP contribution in [0.4, 0.5) is 63.1 Å². The Morgan fingerprint density at radius 3 is 1.51 bits per heavy atom. The van der Waals surface area contributed by atoms with Gasteiger partial charge in [0.15, 0.2) is 23.3 Å². The molecule has 0 saturated heterocycles. The number of nitriles is 1. The molecule has 8 N–H and O–H groups in total. The number of hydrogen-bond acceptors (Lipinski definition) is 19. The van der Waals surface area contributed by atoms with Crippen LogP contribution in [-0.2, 0) is 0 Å². The Kier molecular flexibility index (Phi) is 26.5. The monoisotopic (exact) mass is 1150 g/mol. The van der Waals surface area contributed by atoms with Crippen molar-refractivity contribution in [3.05, 3.63) is 207 Å². The first kappa shape index (κ1) is 59.0. The fourth-order valence-electron chi connectivity index (χ4n) is 5.04. The van der Waals surface area contributed by atoms with Gasteiger partial charge in [-0.2, -0.15) is 5.26 Å². The molecule has 384 valence electrons. The molecular formula is C45H41ClF4IN17O6. The average Bonchev–Trinajstić information content (AvgIpc) is 3.74. The third-order valence-electron chi connectivity index (χ3n) is 8.16. The highest BCUT2D eigenvalue weighted by Gasteiger charge is 2.15. The largest absolute Gasteiger partial charge is 0.400 e. The lowest BCUT2D eigenvalue weighted by molar-refractivity contribution is -0.385. The molecule has 0 radical (unpaired) electrons. The van der Waals surface area contributed by atoms with Crippen LogP contribution < -0.4 is 27.8 Å². The number of pyridine rings is 8. The van der Waals surface area contributed by atoms with Gasteiger partial charge in [-0.05, 0) is 53.4 Å². The molecule has 0 bridgehead atoms. The Morgan fingerprint density at radius 1 is 0.649 bits per heavy atom. The lowest BCUT2D eigenvalue weighted by atomic mass is 10.3. The molecule has 9 heterocycles. The summed E-state index contributed by atoms with van der Waals surface area (Å²) in [5.74, 6) is -2.02. The van der Waals surface area contributed by atoms with E-state index < -0.39 is 38.8 Å². The Labute approximate surface area is 436 Å². The van der Waals surface area contributed by atoms with Crippen LogP contribution in [0.15, 0.2) is 152 Å². The van der Waals surface area contributed by atoms with E-state index in [1.54, 1.807) is 30.6 Å². The number of imidazole rings is 1. The topological polar surface area (TPSA) is 347 Å². The molecule has 23 nitrogen and oxygen atoms in total. The van der Waals surface area contributed by atoms with E-state index >= 15 is 0 Å². The molecule has 0 aromatic carbocycles. The van der Waals surface area contributed by atoms with Crippen molar-refractivity contribution in [3.8, 4) is 11.8 Å². The molecular weight excluding hydrogens is 1110 g/mol. The number of nitro groups is 2. The maximum absolute atomic E-state index is 13.6. The second-order valence-electron chi connectivity index (χ2n) is 12.8. The summed E-state index contributed by atoms with van der Waals surface area (Å²) in [6.07, 6.45) is 21.2. The van der Waals surface area contributed by atoms with Crippen LogP contribution in [0.1, 0.15) is 8.29 Å². The number of H-pyrrole nitrogens is 1. The number of hydrogen-bond donors (Lipinski definition) is 6. The van der Waals surface area contributed by atoms with E-state index in [9.17, 15) is 42.6 Å². The van der Waals surface area contributed by atoms with Crippen molar-refractivity contribution in [1.29, 1.82) is 5.26 Å². The van der Waals surface area contributed by atoms with Crippen molar-refractivity contribution < 1.29 is 33.9 Å². The molecule has 0 saturated carbocycles. The molecule has 0 unspecified atom stereocenters. The maximum atomic E-state index is 13.6. The quantitative estimate of drug-likeness (QED) is 0.0285. The maximum Gasteiger partial charge on any atom is 0.331 e. The number of nitrogens with two attached hydrogens (primary N) is 2. The molecule has 9 aromatic heterocycles. The van der Waals surface area contributed by atoms with E-state index in [4.69, 9.17) is 34.8 Å². The third-order valence-corrected chi connectivity index (χ3v) is 8.48. The standard InChI is InChI=1S/C11H7FN4O.C10H7FN4O2.C10H9FN4.C5H3ClN2O2.C5H5FN2.C2H3N.CH3I.CH4O/c12-7-5-13-3-1-9(7)16-10-2-4-14-6-8(10)15-11(16)17;11-7-5-12-3-1-8(7)14-9-2-4-13-6-10(9)15(16)17;11-7-5-13-3-1-9(7)15-10-2-4-14-6-8(10)12;6-4-1-2-7-3-5(4)8(9)10;6-4-3-8-2-1-5(4)7;1-2-3;2*1-2/h1-6H,(H,15,17);1-6H,(H,12,13,14);1-6H,12H2,(H,13,14,15);1-3H;1-3H,(H2,7,8);1H3;1H3;2H,1H3/i;;;;;;1D;. The number of nitrogens with zero attached hydrogens (tertiary/aromatic N) is 12. The molecule has 0 aliphatic heterocycles. The highest BCUT2D eigenvalue weighted by Crippen LogP contribution is 2.27. The lowest BCUT2D eigenvalue weighted by Crippen LogP contribution is -2.15. The van der Waals surface area contributed by atoms with Gasteiger partial charge >= 0.3 is 17.1 Å². The summed E-state index contributed by atoms with van der Waals surface area (Å²) in [5, 5.41) is 40.7. The zero-order chi connectivity index (χ0) is 55.7. The fraction of sp³-hybridized carbons (Fsp3) is 0.0667. The van der Waals surface area contributed by atoms with Gasteiger partial charge in [0, 0.05) is 65.0 Å². The molecule has 0 spiro atoms. The van der Waals surface area contributed by atoms with Crippen molar-refractivity contribution in [2.24, 2.45) is 0 Å². The number of nitrogen functional groups attached to an aromatic ring is 2. The SMILES string of the molecule is CC#N.CO.Nc1ccncc1F.Nc1cnccc1Nc1ccncc1F.O=[N+]([O-])c1cnccc1Cl.O=[N+]([O-])c1cnccc1Nc1ccncc1F.O=c1[nH]c2cnccc2n1-c1ccncc1F.[2H]CI. The van der Waals surface area contributed by atoms with E-state index in [2.05, 4.69) is 55.5 Å². The molecule has 29 heteroatoms. The minimum atomic E-state index is -0.589. The normalized spacial score (nSPS) is 9.49. The number of halogens is 6. The molecule has 0 fully saturated rings. The fourth-order valence-corrected chi connectivity index (χ4v) is 5.21. The van der Waals surface area contributed by atoms with Crippen molar-refractivity contribution in [2.75, 3.05) is 34.1 Å². The number of nitrogens with one attached hydrogen (secondary N) is 3. The van der Waals surface area contributed by atoms with Crippen molar-refractivity contribution in [1.82, 2.24) is 49.4 Å². The van der Waals surface area contributed by atoms with E-state index in [0.29, 0.717) is 33.0 Å². The Bertz CT molecular complexity index is 3250. The Balaban J connectivity index is 0.000000316. The van der Waals surface area contributed by atoms with Crippen molar-refractivity contribution in [2.45, 2.75) is 6.92 Å². The molecule has 0 amide bonds.